The molecule has 0 aliphatic heterocycles. The fourth-order valence-electron chi connectivity index (χ4n) is 1.70. The summed E-state index contributed by atoms with van der Waals surface area (Å²) in [5.74, 6) is -0.625. The number of unbranched alkanes of at least 4 members (excludes halogenated alkanes) is 8. The lowest BCUT2D eigenvalue weighted by Gasteiger charge is -2.01. The molecule has 0 radical (unpaired) electrons. The van der Waals surface area contributed by atoms with Crippen LogP contribution in [-0.4, -0.2) is 17.2 Å². The minimum absolute atomic E-state index is 0.211. The maximum atomic E-state index is 10.9. The Bertz CT molecular complexity index is 227. The molecule has 1 N–H and O–H groups in total. The molecule has 0 rings (SSSR count). The Morgan fingerprint density at radius 1 is 0.833 bits per heavy atom. The van der Waals surface area contributed by atoms with E-state index in [1.165, 1.54) is 38.5 Å². The summed E-state index contributed by atoms with van der Waals surface area (Å²) in [7, 11) is 0. The predicted molar refractivity (Wildman–Crippen MR) is 67.0 cm³/mol. The van der Waals surface area contributed by atoms with Crippen molar-refractivity contribution >= 4 is 12.1 Å². The number of hydrogen-bond acceptors (Lipinski definition) is 4. The number of carbonyl (C=O) groups excluding carboxylic acids is 1. The van der Waals surface area contributed by atoms with Crippen LogP contribution >= 0.6 is 0 Å². The van der Waals surface area contributed by atoms with Gasteiger partial charge in [-0.05, 0) is 6.42 Å². The Kier molecular flexibility index (Phi) is 11.3. The van der Waals surface area contributed by atoms with Gasteiger partial charge in [0, 0.05) is 0 Å². The van der Waals surface area contributed by atoms with Crippen molar-refractivity contribution in [2.24, 2.45) is 0 Å². The number of carbonyl (C=O) groups is 2. The van der Waals surface area contributed by atoms with Gasteiger partial charge >= 0.3 is 12.1 Å². The van der Waals surface area contributed by atoms with Crippen LogP contribution in [-0.2, 0) is 14.6 Å². The molecule has 0 amide bonds. The van der Waals surface area contributed by atoms with E-state index in [-0.39, 0.29) is 6.42 Å². The van der Waals surface area contributed by atoms with E-state index in [1.807, 2.05) is 0 Å². The molecule has 0 unspecified atom stereocenters. The highest BCUT2D eigenvalue weighted by molar-refractivity contribution is 5.69. The van der Waals surface area contributed by atoms with E-state index in [2.05, 4.69) is 16.7 Å². The van der Waals surface area contributed by atoms with Crippen molar-refractivity contribution in [3.05, 3.63) is 0 Å². The first-order chi connectivity index (χ1) is 8.66. The molecule has 0 aliphatic carbocycles. The van der Waals surface area contributed by atoms with Gasteiger partial charge in [-0.3, -0.25) is 0 Å². The summed E-state index contributed by atoms with van der Waals surface area (Å²) in [6, 6.07) is 0. The van der Waals surface area contributed by atoms with E-state index < -0.39 is 12.1 Å². The molecule has 0 aromatic rings. The average Bonchev–Trinajstić information content (AvgIpc) is 2.34. The second-order valence-electron chi connectivity index (χ2n) is 4.38. The van der Waals surface area contributed by atoms with Crippen molar-refractivity contribution in [2.75, 3.05) is 0 Å². The van der Waals surface area contributed by atoms with Gasteiger partial charge in [-0.1, -0.05) is 58.3 Å². The van der Waals surface area contributed by atoms with Crippen molar-refractivity contribution in [3.8, 4) is 0 Å². The molecule has 0 saturated carbocycles. The lowest BCUT2D eigenvalue weighted by Crippen LogP contribution is -2.08. The maximum Gasteiger partial charge on any atom is 0.547 e. The van der Waals surface area contributed by atoms with Crippen molar-refractivity contribution in [3.63, 3.8) is 0 Å². The zero-order valence-electron chi connectivity index (χ0n) is 11.2. The lowest BCUT2D eigenvalue weighted by atomic mass is 10.1. The fraction of sp³-hybridized carbons (Fsp3) is 0.846. The van der Waals surface area contributed by atoms with E-state index in [0.717, 1.165) is 19.3 Å². The molecule has 106 valence electrons. The average molecular weight is 260 g/mol. The van der Waals surface area contributed by atoms with E-state index in [0.29, 0.717) is 0 Å². The second kappa shape index (κ2) is 12.2. The Morgan fingerprint density at radius 3 is 1.83 bits per heavy atom. The first-order valence-corrected chi connectivity index (χ1v) is 6.77. The number of hydrogen-bond donors (Lipinski definition) is 1. The van der Waals surface area contributed by atoms with Crippen molar-refractivity contribution in [1.82, 2.24) is 0 Å². The standard InChI is InChI=1S/C13H24O5/c1-2-3-4-5-6-7-8-9-10-11-12(14)17-18-13(15)16/h2-11H2,1H3,(H,15,16). The van der Waals surface area contributed by atoms with Crippen LogP contribution in [0.2, 0.25) is 0 Å². The molecule has 0 atom stereocenters. The van der Waals surface area contributed by atoms with Crippen molar-refractivity contribution < 1.29 is 24.5 Å². The van der Waals surface area contributed by atoms with Gasteiger partial charge in [-0.15, -0.1) is 0 Å². The summed E-state index contributed by atoms with van der Waals surface area (Å²) in [6.45, 7) is 2.20. The van der Waals surface area contributed by atoms with Crippen LogP contribution in [0.25, 0.3) is 0 Å². The molecule has 5 heteroatoms. The van der Waals surface area contributed by atoms with Gasteiger partial charge in [-0.25, -0.2) is 19.4 Å². The van der Waals surface area contributed by atoms with Gasteiger partial charge in [0.1, 0.15) is 0 Å². The minimum Gasteiger partial charge on any atom is -0.447 e. The first kappa shape index (κ1) is 16.7. The minimum atomic E-state index is -1.60. The van der Waals surface area contributed by atoms with Crippen LogP contribution in [0.15, 0.2) is 0 Å². The third-order valence-electron chi connectivity index (χ3n) is 2.69. The zero-order valence-corrected chi connectivity index (χ0v) is 11.2. The third kappa shape index (κ3) is 12.8. The monoisotopic (exact) mass is 260 g/mol. The van der Waals surface area contributed by atoms with Crippen molar-refractivity contribution in [1.29, 1.82) is 0 Å². The van der Waals surface area contributed by atoms with Crippen LogP contribution in [0.5, 0.6) is 0 Å². The molecule has 18 heavy (non-hydrogen) atoms. The van der Waals surface area contributed by atoms with Crippen molar-refractivity contribution in [2.45, 2.75) is 71.1 Å². The lowest BCUT2D eigenvalue weighted by molar-refractivity contribution is -0.240. The van der Waals surface area contributed by atoms with E-state index in [1.54, 1.807) is 0 Å². The largest absolute Gasteiger partial charge is 0.547 e. The summed E-state index contributed by atoms with van der Waals surface area (Å²) in [5, 5.41) is 8.09. The van der Waals surface area contributed by atoms with Gasteiger partial charge in [-0.2, -0.15) is 0 Å². The molecule has 0 saturated heterocycles. The molecule has 5 nitrogen and oxygen atoms in total. The molecule has 0 aromatic carbocycles. The van der Waals surface area contributed by atoms with Crippen LogP contribution in [0.4, 0.5) is 4.79 Å². The smallest absolute Gasteiger partial charge is 0.447 e. The SMILES string of the molecule is CCCCCCCCCCCC(=O)OOC(=O)O. The van der Waals surface area contributed by atoms with Gasteiger partial charge in [0.2, 0.25) is 0 Å². The molecule has 0 spiro atoms. The van der Waals surface area contributed by atoms with Crippen LogP contribution in [0, 0.1) is 0 Å². The molecule has 0 fully saturated rings. The number of rotatable bonds is 10. The quantitative estimate of drug-likeness (QED) is 0.364. The molecule has 0 bridgehead atoms. The fourth-order valence-corrected chi connectivity index (χ4v) is 1.70. The van der Waals surface area contributed by atoms with Gasteiger partial charge in [0.25, 0.3) is 0 Å². The summed E-state index contributed by atoms with van der Waals surface area (Å²) < 4.78 is 0. The van der Waals surface area contributed by atoms with Crippen LogP contribution in [0.1, 0.15) is 71.1 Å². The van der Waals surface area contributed by atoms with E-state index in [4.69, 9.17) is 5.11 Å². The summed E-state index contributed by atoms with van der Waals surface area (Å²) in [5.41, 5.74) is 0. The second-order valence-corrected chi connectivity index (χ2v) is 4.38. The Hall–Kier alpha value is -1.26. The maximum absolute atomic E-state index is 10.9. The van der Waals surface area contributed by atoms with Gasteiger partial charge in [0.15, 0.2) is 0 Å². The third-order valence-corrected chi connectivity index (χ3v) is 2.69. The van der Waals surface area contributed by atoms with Crippen LogP contribution < -0.4 is 0 Å². The van der Waals surface area contributed by atoms with Crippen LogP contribution in [0.3, 0.4) is 0 Å². The van der Waals surface area contributed by atoms with Gasteiger partial charge < -0.3 is 5.11 Å². The summed E-state index contributed by atoms with van der Waals surface area (Å²) >= 11 is 0. The van der Waals surface area contributed by atoms with E-state index >= 15 is 0 Å². The highest BCUT2D eigenvalue weighted by Gasteiger charge is 2.06. The topological polar surface area (TPSA) is 72.8 Å². The normalized spacial score (nSPS) is 10.1. The predicted octanol–water partition coefficient (Wildman–Crippen LogP) is 4.06. The zero-order chi connectivity index (χ0) is 13.6. The molecule has 0 aromatic heterocycles. The van der Waals surface area contributed by atoms with Gasteiger partial charge in [0.05, 0.1) is 6.42 Å². The number of carboxylic acid groups (broad SMARTS) is 1. The van der Waals surface area contributed by atoms with E-state index in [9.17, 15) is 9.59 Å². The molecular weight excluding hydrogens is 236 g/mol. The highest BCUT2D eigenvalue weighted by atomic mass is 17.2. The molecule has 0 heterocycles. The first-order valence-electron chi connectivity index (χ1n) is 6.77. The molecule has 0 aliphatic rings. The Balaban J connectivity index is 3.15. The Labute approximate surface area is 108 Å². The Morgan fingerprint density at radius 2 is 1.33 bits per heavy atom. The highest BCUT2D eigenvalue weighted by Crippen LogP contribution is 2.10. The summed E-state index contributed by atoms with van der Waals surface area (Å²) in [4.78, 5) is 28.6. The molecular formula is C13H24O5. The summed E-state index contributed by atoms with van der Waals surface area (Å²) in [6.07, 6.45) is 9.05.